The monoisotopic (exact) mass is 498 g/mol. The van der Waals surface area contributed by atoms with Gasteiger partial charge < -0.3 is 18.9 Å². The number of ether oxygens (including phenoxy) is 3. The van der Waals surface area contributed by atoms with Gasteiger partial charge in [-0.15, -0.1) is 24.5 Å². The highest BCUT2D eigenvalue weighted by Gasteiger charge is 2.32. The van der Waals surface area contributed by atoms with Gasteiger partial charge in [-0.05, 0) is 42.3 Å². The van der Waals surface area contributed by atoms with Gasteiger partial charge >= 0.3 is 12.3 Å². The number of aromatic nitrogens is 1. The standard InChI is InChI=1S/C21H14F4N2O4S2/c1-29-17-10-13(20(28)30-2)5-7-15(17)27-33-19-11-32-18(26-19)8-4-12-3-6-14(22)16(9-12)31-21(23,24)25/h3,5-7,9-11,27H,1-2H3. The number of hydrogen-bond acceptors (Lipinski definition) is 8. The van der Waals surface area contributed by atoms with E-state index in [2.05, 4.69) is 31.0 Å². The molecule has 2 aromatic carbocycles. The molecule has 0 aliphatic heterocycles. The Morgan fingerprint density at radius 1 is 1.12 bits per heavy atom. The molecular formula is C21H14F4N2O4S2. The lowest BCUT2D eigenvalue weighted by molar-refractivity contribution is -0.275. The number of anilines is 1. The van der Waals surface area contributed by atoms with Gasteiger partial charge in [0.2, 0.25) is 0 Å². The van der Waals surface area contributed by atoms with Crippen LogP contribution in [-0.2, 0) is 4.74 Å². The normalized spacial score (nSPS) is 10.7. The van der Waals surface area contributed by atoms with Crippen LogP contribution in [0, 0.1) is 17.7 Å². The first kappa shape index (κ1) is 24.2. The van der Waals surface area contributed by atoms with Gasteiger partial charge in [0.25, 0.3) is 0 Å². The number of benzene rings is 2. The molecule has 0 bridgehead atoms. The van der Waals surface area contributed by atoms with E-state index in [0.29, 0.717) is 27.0 Å². The Labute approximate surface area is 194 Å². The lowest BCUT2D eigenvalue weighted by Gasteiger charge is -2.10. The van der Waals surface area contributed by atoms with Gasteiger partial charge in [0, 0.05) is 22.9 Å². The average Bonchev–Trinajstić information content (AvgIpc) is 3.24. The van der Waals surface area contributed by atoms with Crippen molar-refractivity contribution in [3.63, 3.8) is 0 Å². The summed E-state index contributed by atoms with van der Waals surface area (Å²) in [5.41, 5.74) is 1.06. The maximum atomic E-state index is 13.5. The zero-order valence-corrected chi connectivity index (χ0v) is 18.6. The highest BCUT2D eigenvalue weighted by atomic mass is 32.2. The number of rotatable bonds is 6. The van der Waals surface area contributed by atoms with E-state index in [0.717, 1.165) is 12.1 Å². The summed E-state index contributed by atoms with van der Waals surface area (Å²) in [4.78, 5) is 15.9. The molecular weight excluding hydrogens is 484 g/mol. The summed E-state index contributed by atoms with van der Waals surface area (Å²) in [6.45, 7) is 0. The fourth-order valence-corrected chi connectivity index (χ4v) is 3.84. The largest absolute Gasteiger partial charge is 0.573 e. The van der Waals surface area contributed by atoms with Gasteiger partial charge in [-0.1, -0.05) is 5.92 Å². The molecule has 0 aliphatic rings. The third-order valence-corrected chi connectivity index (χ3v) is 5.49. The van der Waals surface area contributed by atoms with Crippen LogP contribution in [0.25, 0.3) is 0 Å². The third-order valence-electron chi connectivity index (χ3n) is 3.84. The second-order valence-electron chi connectivity index (χ2n) is 6.04. The molecule has 12 heteroatoms. The predicted molar refractivity (Wildman–Crippen MR) is 115 cm³/mol. The number of carbonyl (C=O) groups excluding carboxylic acids is 1. The van der Waals surface area contributed by atoms with Gasteiger partial charge in [0.1, 0.15) is 10.8 Å². The number of thiazole rings is 1. The molecule has 3 rings (SSSR count). The molecule has 0 spiro atoms. The van der Waals surface area contributed by atoms with Crippen molar-refractivity contribution in [2.45, 2.75) is 11.4 Å². The highest BCUT2D eigenvalue weighted by molar-refractivity contribution is 8.00. The van der Waals surface area contributed by atoms with Gasteiger partial charge in [0.05, 0.1) is 25.5 Å². The Balaban J connectivity index is 1.68. The summed E-state index contributed by atoms with van der Waals surface area (Å²) in [6, 6.07) is 7.71. The number of esters is 1. The molecule has 0 aliphatic carbocycles. The second kappa shape index (κ2) is 10.5. The molecule has 3 aromatic rings. The van der Waals surface area contributed by atoms with Crippen molar-refractivity contribution in [2.24, 2.45) is 0 Å². The van der Waals surface area contributed by atoms with Crippen molar-refractivity contribution < 1.29 is 36.6 Å². The van der Waals surface area contributed by atoms with E-state index < -0.39 is 23.9 Å². The molecule has 0 saturated heterocycles. The van der Waals surface area contributed by atoms with Crippen LogP contribution in [0.4, 0.5) is 23.2 Å². The molecule has 0 atom stereocenters. The molecule has 0 saturated carbocycles. The van der Waals surface area contributed by atoms with Crippen LogP contribution < -0.4 is 14.2 Å². The predicted octanol–water partition coefficient (Wildman–Crippen LogP) is 5.50. The van der Waals surface area contributed by atoms with Crippen LogP contribution in [-0.4, -0.2) is 31.5 Å². The van der Waals surface area contributed by atoms with E-state index in [4.69, 9.17) is 4.74 Å². The van der Waals surface area contributed by atoms with Crippen molar-refractivity contribution in [2.75, 3.05) is 18.9 Å². The van der Waals surface area contributed by atoms with E-state index in [1.807, 2.05) is 0 Å². The minimum atomic E-state index is -5.01. The average molecular weight is 498 g/mol. The molecule has 0 radical (unpaired) electrons. The molecule has 172 valence electrons. The van der Waals surface area contributed by atoms with E-state index in [-0.39, 0.29) is 5.56 Å². The van der Waals surface area contributed by atoms with Crippen LogP contribution >= 0.6 is 23.3 Å². The Morgan fingerprint density at radius 3 is 2.61 bits per heavy atom. The van der Waals surface area contributed by atoms with E-state index in [1.165, 1.54) is 49.6 Å². The SMILES string of the molecule is COC(=O)c1ccc(NSc2csc(C#Cc3ccc(F)c(OC(F)(F)F)c3)n2)c(OC)c1. The van der Waals surface area contributed by atoms with E-state index in [1.54, 1.807) is 17.5 Å². The van der Waals surface area contributed by atoms with E-state index >= 15 is 0 Å². The summed E-state index contributed by atoms with van der Waals surface area (Å²) in [6.07, 6.45) is -5.01. The molecule has 0 amide bonds. The van der Waals surface area contributed by atoms with Crippen molar-refractivity contribution in [3.8, 4) is 23.3 Å². The zero-order chi connectivity index (χ0) is 24.0. The number of nitrogens with zero attached hydrogens (tertiary/aromatic N) is 1. The molecule has 0 unspecified atom stereocenters. The molecule has 1 aromatic heterocycles. The van der Waals surface area contributed by atoms with Crippen molar-refractivity contribution in [1.82, 2.24) is 4.98 Å². The summed E-state index contributed by atoms with van der Waals surface area (Å²) in [5, 5.41) is 2.69. The minimum absolute atomic E-state index is 0.133. The quantitative estimate of drug-likeness (QED) is 0.208. The van der Waals surface area contributed by atoms with Gasteiger partial charge in [-0.3, -0.25) is 0 Å². The first-order chi connectivity index (χ1) is 15.7. The van der Waals surface area contributed by atoms with Crippen molar-refractivity contribution in [3.05, 3.63) is 63.7 Å². The molecule has 1 heterocycles. The highest BCUT2D eigenvalue weighted by Crippen LogP contribution is 2.31. The lowest BCUT2D eigenvalue weighted by Crippen LogP contribution is -2.18. The third kappa shape index (κ3) is 6.77. The zero-order valence-electron chi connectivity index (χ0n) is 17.0. The first-order valence-corrected chi connectivity index (χ1v) is 10.6. The van der Waals surface area contributed by atoms with Gasteiger partial charge in [-0.2, -0.15) is 0 Å². The summed E-state index contributed by atoms with van der Waals surface area (Å²) in [5.74, 6) is 3.18. The van der Waals surface area contributed by atoms with Crippen molar-refractivity contribution >= 4 is 34.9 Å². The number of hydrogen-bond donors (Lipinski definition) is 1. The van der Waals surface area contributed by atoms with E-state index in [9.17, 15) is 22.4 Å². The Kier molecular flexibility index (Phi) is 7.67. The van der Waals surface area contributed by atoms with Crippen LogP contribution in [0.5, 0.6) is 11.5 Å². The molecule has 0 fully saturated rings. The second-order valence-corrected chi connectivity index (χ2v) is 7.73. The topological polar surface area (TPSA) is 69.7 Å². The summed E-state index contributed by atoms with van der Waals surface area (Å²) >= 11 is 2.38. The van der Waals surface area contributed by atoms with Gasteiger partial charge in [0.15, 0.2) is 16.6 Å². The van der Waals surface area contributed by atoms with Crippen LogP contribution in [0.3, 0.4) is 0 Å². The van der Waals surface area contributed by atoms with Gasteiger partial charge in [-0.25, -0.2) is 14.2 Å². The molecule has 6 nitrogen and oxygen atoms in total. The summed E-state index contributed by atoms with van der Waals surface area (Å²) < 4.78 is 67.2. The number of methoxy groups -OCH3 is 2. The Bertz CT molecular complexity index is 1220. The van der Waals surface area contributed by atoms with Crippen LogP contribution in [0.2, 0.25) is 0 Å². The number of nitrogens with one attached hydrogen (secondary N) is 1. The molecule has 1 N–H and O–H groups in total. The maximum absolute atomic E-state index is 13.5. The first-order valence-electron chi connectivity index (χ1n) is 8.90. The maximum Gasteiger partial charge on any atom is 0.573 e. The van der Waals surface area contributed by atoms with Crippen LogP contribution in [0.1, 0.15) is 20.9 Å². The van der Waals surface area contributed by atoms with Crippen LogP contribution in [0.15, 0.2) is 46.8 Å². The Morgan fingerprint density at radius 2 is 1.91 bits per heavy atom. The summed E-state index contributed by atoms with van der Waals surface area (Å²) in [7, 11) is 2.74. The molecule has 33 heavy (non-hydrogen) atoms. The minimum Gasteiger partial charge on any atom is -0.495 e. The number of halogens is 4. The lowest BCUT2D eigenvalue weighted by atomic mass is 10.2. The van der Waals surface area contributed by atoms with Crippen molar-refractivity contribution in [1.29, 1.82) is 0 Å². The fourth-order valence-electron chi connectivity index (χ4n) is 2.40. The smallest absolute Gasteiger partial charge is 0.495 e. The Hall–Kier alpha value is -3.43. The number of alkyl halides is 3. The fraction of sp³-hybridized carbons (Fsp3) is 0.143. The number of carbonyl (C=O) groups is 1.